The van der Waals surface area contributed by atoms with Crippen LogP contribution < -0.4 is 11.1 Å². The molecule has 0 aliphatic carbocycles. The summed E-state index contributed by atoms with van der Waals surface area (Å²) in [6, 6.07) is 3.72. The minimum atomic E-state index is -0.694. The van der Waals surface area contributed by atoms with Gasteiger partial charge in [-0.1, -0.05) is 6.07 Å². The van der Waals surface area contributed by atoms with E-state index in [1.54, 1.807) is 6.07 Å². The molecule has 1 amide bonds. The predicted octanol–water partition coefficient (Wildman–Crippen LogP) is 0.263. The first-order valence-corrected chi connectivity index (χ1v) is 6.72. The smallest absolute Gasteiger partial charge is 0.237 e. The Bertz CT molecular complexity index is 472. The average Bonchev–Trinajstić information content (AvgIpc) is 2.93. The fourth-order valence-corrected chi connectivity index (χ4v) is 2.19. The summed E-state index contributed by atoms with van der Waals surface area (Å²) >= 11 is 0. The quantitative estimate of drug-likeness (QED) is 0.579. The van der Waals surface area contributed by atoms with Crippen LogP contribution >= 0.6 is 0 Å². The largest absolute Gasteiger partial charge is 0.504 e. The van der Waals surface area contributed by atoms with E-state index in [-0.39, 0.29) is 23.5 Å². The number of nitrogens with one attached hydrogen (secondary N) is 1. The van der Waals surface area contributed by atoms with E-state index in [4.69, 9.17) is 10.5 Å². The Labute approximate surface area is 117 Å². The molecule has 2 atom stereocenters. The minimum Gasteiger partial charge on any atom is -0.504 e. The number of aromatic hydroxyl groups is 2. The van der Waals surface area contributed by atoms with Crippen LogP contribution in [0.5, 0.6) is 11.5 Å². The maximum Gasteiger partial charge on any atom is 0.237 e. The van der Waals surface area contributed by atoms with Crippen molar-refractivity contribution in [1.82, 2.24) is 5.32 Å². The maximum atomic E-state index is 11.9. The first-order valence-electron chi connectivity index (χ1n) is 6.72. The predicted molar refractivity (Wildman–Crippen MR) is 73.4 cm³/mol. The zero-order valence-electron chi connectivity index (χ0n) is 11.2. The molecule has 20 heavy (non-hydrogen) atoms. The van der Waals surface area contributed by atoms with Crippen molar-refractivity contribution in [2.45, 2.75) is 31.4 Å². The van der Waals surface area contributed by atoms with E-state index in [1.165, 1.54) is 12.1 Å². The number of phenols is 2. The Morgan fingerprint density at radius 3 is 2.90 bits per heavy atom. The summed E-state index contributed by atoms with van der Waals surface area (Å²) in [5.74, 6) is -0.646. The number of nitrogens with two attached hydrogens (primary N) is 1. The highest BCUT2D eigenvalue weighted by molar-refractivity contribution is 5.81. The first-order chi connectivity index (χ1) is 9.56. The zero-order valence-corrected chi connectivity index (χ0v) is 11.2. The second-order valence-electron chi connectivity index (χ2n) is 5.01. The molecule has 1 aliphatic rings. The number of carbonyl (C=O) groups excluding carboxylic acids is 1. The van der Waals surface area contributed by atoms with Crippen LogP contribution in [0.15, 0.2) is 18.2 Å². The molecule has 2 rings (SSSR count). The molecule has 0 radical (unpaired) electrons. The molecular formula is C14H20N2O4. The molecule has 1 aromatic carbocycles. The van der Waals surface area contributed by atoms with Gasteiger partial charge in [-0.3, -0.25) is 4.79 Å². The number of hydrogen-bond donors (Lipinski definition) is 4. The van der Waals surface area contributed by atoms with Crippen molar-refractivity contribution in [1.29, 1.82) is 0 Å². The summed E-state index contributed by atoms with van der Waals surface area (Å²) in [6.07, 6.45) is 2.37. The molecule has 1 aliphatic heterocycles. The molecule has 1 aromatic rings. The number of phenolic OH excluding ortho intramolecular Hbond substituents is 2. The van der Waals surface area contributed by atoms with Crippen molar-refractivity contribution in [2.24, 2.45) is 5.73 Å². The van der Waals surface area contributed by atoms with Crippen LogP contribution in [0, 0.1) is 0 Å². The lowest BCUT2D eigenvalue weighted by atomic mass is 10.1. The Kier molecular flexibility index (Phi) is 4.81. The van der Waals surface area contributed by atoms with Gasteiger partial charge in [0, 0.05) is 13.2 Å². The molecule has 5 N–H and O–H groups in total. The van der Waals surface area contributed by atoms with E-state index >= 15 is 0 Å². The molecule has 1 unspecified atom stereocenters. The van der Waals surface area contributed by atoms with Gasteiger partial charge in [-0.05, 0) is 37.0 Å². The van der Waals surface area contributed by atoms with E-state index in [0.29, 0.717) is 18.5 Å². The van der Waals surface area contributed by atoms with Crippen molar-refractivity contribution in [3.05, 3.63) is 23.8 Å². The fraction of sp³-hybridized carbons (Fsp3) is 0.500. The van der Waals surface area contributed by atoms with Crippen LogP contribution in [0.4, 0.5) is 0 Å². The lowest BCUT2D eigenvalue weighted by Crippen LogP contribution is -2.44. The number of hydrogen-bond acceptors (Lipinski definition) is 5. The number of benzene rings is 1. The molecular weight excluding hydrogens is 260 g/mol. The highest BCUT2D eigenvalue weighted by atomic mass is 16.5. The van der Waals surface area contributed by atoms with Gasteiger partial charge in [-0.25, -0.2) is 0 Å². The molecule has 0 saturated carbocycles. The van der Waals surface area contributed by atoms with Gasteiger partial charge in [0.15, 0.2) is 11.5 Å². The SMILES string of the molecule is N[C@@H](Cc1ccc(O)c(O)c1)C(=O)NCC1CCCO1. The monoisotopic (exact) mass is 280 g/mol. The molecule has 1 fully saturated rings. The van der Waals surface area contributed by atoms with Crippen LogP contribution in [-0.2, 0) is 16.0 Å². The van der Waals surface area contributed by atoms with Crippen LogP contribution in [0.2, 0.25) is 0 Å². The minimum absolute atomic E-state index is 0.0869. The van der Waals surface area contributed by atoms with Gasteiger partial charge in [-0.2, -0.15) is 0 Å². The standard InChI is InChI=1S/C14H20N2O4/c15-11(6-9-3-4-12(17)13(18)7-9)14(19)16-8-10-2-1-5-20-10/h3-4,7,10-11,17-18H,1-2,5-6,8,15H2,(H,16,19)/t10?,11-/m0/s1. The highest BCUT2D eigenvalue weighted by Crippen LogP contribution is 2.25. The van der Waals surface area contributed by atoms with Gasteiger partial charge in [-0.15, -0.1) is 0 Å². The topological polar surface area (TPSA) is 105 Å². The van der Waals surface area contributed by atoms with E-state index < -0.39 is 6.04 Å². The average molecular weight is 280 g/mol. The summed E-state index contributed by atoms with van der Waals surface area (Å²) in [5.41, 5.74) is 6.52. The van der Waals surface area contributed by atoms with Gasteiger partial charge in [0.1, 0.15) is 0 Å². The van der Waals surface area contributed by atoms with Gasteiger partial charge in [0.25, 0.3) is 0 Å². The molecule has 6 heteroatoms. The zero-order chi connectivity index (χ0) is 14.5. The molecule has 6 nitrogen and oxygen atoms in total. The van der Waals surface area contributed by atoms with Crippen LogP contribution in [0.3, 0.4) is 0 Å². The Morgan fingerprint density at radius 2 is 2.25 bits per heavy atom. The van der Waals surface area contributed by atoms with Crippen molar-refractivity contribution < 1.29 is 19.7 Å². The molecule has 110 valence electrons. The summed E-state index contributed by atoms with van der Waals surface area (Å²) in [6.45, 7) is 1.23. The second kappa shape index (κ2) is 6.58. The lowest BCUT2D eigenvalue weighted by molar-refractivity contribution is -0.122. The maximum absolute atomic E-state index is 11.9. The van der Waals surface area contributed by atoms with E-state index in [1.807, 2.05) is 0 Å². The van der Waals surface area contributed by atoms with Crippen LogP contribution in [0.1, 0.15) is 18.4 Å². The van der Waals surface area contributed by atoms with Crippen molar-refractivity contribution in [3.63, 3.8) is 0 Å². The van der Waals surface area contributed by atoms with Crippen molar-refractivity contribution in [3.8, 4) is 11.5 Å². The lowest BCUT2D eigenvalue weighted by Gasteiger charge is -2.15. The van der Waals surface area contributed by atoms with Crippen molar-refractivity contribution >= 4 is 5.91 Å². The third-order valence-electron chi connectivity index (χ3n) is 3.36. The number of rotatable bonds is 5. The van der Waals surface area contributed by atoms with Crippen LogP contribution in [-0.4, -0.2) is 41.4 Å². The third-order valence-corrected chi connectivity index (χ3v) is 3.36. The summed E-state index contributed by atoms with van der Waals surface area (Å²) < 4.78 is 5.41. The first kappa shape index (κ1) is 14.6. The second-order valence-corrected chi connectivity index (χ2v) is 5.01. The molecule has 0 aromatic heterocycles. The molecule has 1 saturated heterocycles. The summed E-state index contributed by atoms with van der Waals surface area (Å²) in [4.78, 5) is 11.9. The number of amides is 1. The summed E-state index contributed by atoms with van der Waals surface area (Å²) in [5, 5.41) is 21.4. The fourth-order valence-electron chi connectivity index (χ4n) is 2.19. The van der Waals surface area contributed by atoms with Gasteiger partial charge >= 0.3 is 0 Å². The van der Waals surface area contributed by atoms with E-state index in [9.17, 15) is 15.0 Å². The number of carbonyl (C=O) groups is 1. The Hall–Kier alpha value is -1.79. The van der Waals surface area contributed by atoms with E-state index in [0.717, 1.165) is 19.4 Å². The summed E-state index contributed by atoms with van der Waals surface area (Å²) in [7, 11) is 0. The Morgan fingerprint density at radius 1 is 1.45 bits per heavy atom. The van der Waals surface area contributed by atoms with Gasteiger partial charge in [0.2, 0.25) is 5.91 Å². The van der Waals surface area contributed by atoms with Gasteiger partial charge < -0.3 is 26.0 Å². The highest BCUT2D eigenvalue weighted by Gasteiger charge is 2.19. The Balaban J connectivity index is 1.81. The molecule has 0 spiro atoms. The van der Waals surface area contributed by atoms with Gasteiger partial charge in [0.05, 0.1) is 12.1 Å². The third kappa shape index (κ3) is 3.85. The number of ether oxygens (including phenoxy) is 1. The van der Waals surface area contributed by atoms with Crippen LogP contribution in [0.25, 0.3) is 0 Å². The molecule has 0 bridgehead atoms. The van der Waals surface area contributed by atoms with E-state index in [2.05, 4.69) is 5.32 Å². The molecule has 1 heterocycles. The normalized spacial score (nSPS) is 19.8. The van der Waals surface area contributed by atoms with Crippen molar-refractivity contribution in [2.75, 3.05) is 13.2 Å².